The Kier molecular flexibility index (Phi) is 2.77. The van der Waals surface area contributed by atoms with Crippen LogP contribution in [0.4, 0.5) is 0 Å². The molecule has 1 heteroatoms. The molecular formula is C7H13O. The summed E-state index contributed by atoms with van der Waals surface area (Å²) in [7, 11) is 0. The van der Waals surface area contributed by atoms with Gasteiger partial charge in [-0.2, -0.15) is 0 Å². The van der Waals surface area contributed by atoms with Crippen LogP contribution in [-0.2, 0) is 0 Å². The fourth-order valence-corrected chi connectivity index (χ4v) is 0.413. The Labute approximate surface area is 51.0 Å². The van der Waals surface area contributed by atoms with Crippen molar-refractivity contribution in [2.24, 2.45) is 0 Å². The van der Waals surface area contributed by atoms with Crippen molar-refractivity contribution in [2.75, 3.05) is 0 Å². The van der Waals surface area contributed by atoms with Crippen LogP contribution in [0.2, 0.25) is 0 Å². The van der Waals surface area contributed by atoms with Crippen molar-refractivity contribution in [3.05, 3.63) is 19.6 Å². The normalized spacial score (nSPS) is 17.4. The summed E-state index contributed by atoms with van der Waals surface area (Å²) >= 11 is 0. The van der Waals surface area contributed by atoms with E-state index in [4.69, 9.17) is 5.11 Å². The summed E-state index contributed by atoms with van der Waals surface area (Å²) < 4.78 is 0. The van der Waals surface area contributed by atoms with Gasteiger partial charge in [-0.05, 0) is 19.8 Å². The van der Waals surface area contributed by atoms with Gasteiger partial charge in [0, 0.05) is 0 Å². The second kappa shape index (κ2) is 2.88. The molecule has 1 unspecified atom stereocenters. The SMILES string of the molecule is [CH2]C(O)(CC)CC=C. The van der Waals surface area contributed by atoms with Gasteiger partial charge in [0.25, 0.3) is 0 Å². The molecule has 0 saturated carbocycles. The Bertz CT molecular complexity index is 74.5. The molecule has 0 amide bonds. The summed E-state index contributed by atoms with van der Waals surface area (Å²) in [5.74, 6) is 0. The molecule has 0 aliphatic heterocycles. The van der Waals surface area contributed by atoms with Gasteiger partial charge in [-0.1, -0.05) is 13.0 Å². The van der Waals surface area contributed by atoms with Gasteiger partial charge in [0.05, 0.1) is 5.60 Å². The minimum atomic E-state index is -0.776. The van der Waals surface area contributed by atoms with Gasteiger partial charge < -0.3 is 5.11 Å². The highest BCUT2D eigenvalue weighted by atomic mass is 16.3. The number of rotatable bonds is 3. The number of aliphatic hydroxyl groups is 1. The maximum atomic E-state index is 9.14. The zero-order valence-electron chi connectivity index (χ0n) is 5.35. The molecule has 8 heavy (non-hydrogen) atoms. The maximum absolute atomic E-state index is 9.14. The highest BCUT2D eigenvalue weighted by Gasteiger charge is 2.13. The smallest absolute Gasteiger partial charge is 0.0680 e. The van der Waals surface area contributed by atoms with Gasteiger partial charge in [-0.15, -0.1) is 6.58 Å². The minimum Gasteiger partial charge on any atom is -0.390 e. The zero-order chi connectivity index (χ0) is 6.62. The standard InChI is InChI=1S/C7H13O/c1-4-6-7(3,8)5-2/h4,8H,1,3,5-6H2,2H3. The molecule has 0 aromatic heterocycles. The molecule has 0 aliphatic carbocycles. The number of hydrogen-bond donors (Lipinski definition) is 1. The second-order valence-corrected chi connectivity index (χ2v) is 2.07. The third-order valence-electron chi connectivity index (χ3n) is 1.18. The molecular weight excluding hydrogens is 100 g/mol. The lowest BCUT2D eigenvalue weighted by atomic mass is 10.00. The molecule has 1 N–H and O–H groups in total. The van der Waals surface area contributed by atoms with Gasteiger partial charge in [0.2, 0.25) is 0 Å². The molecule has 0 spiro atoms. The third-order valence-corrected chi connectivity index (χ3v) is 1.18. The summed E-state index contributed by atoms with van der Waals surface area (Å²) in [6.07, 6.45) is 2.93. The van der Waals surface area contributed by atoms with Crippen LogP contribution in [0.1, 0.15) is 19.8 Å². The van der Waals surface area contributed by atoms with E-state index in [2.05, 4.69) is 13.5 Å². The first-order valence-corrected chi connectivity index (χ1v) is 2.81. The lowest BCUT2D eigenvalue weighted by Crippen LogP contribution is -2.21. The Morgan fingerprint density at radius 2 is 2.25 bits per heavy atom. The first-order valence-electron chi connectivity index (χ1n) is 2.81. The van der Waals surface area contributed by atoms with E-state index in [0.29, 0.717) is 12.8 Å². The number of hydrogen-bond acceptors (Lipinski definition) is 1. The largest absolute Gasteiger partial charge is 0.390 e. The van der Waals surface area contributed by atoms with Crippen molar-refractivity contribution in [3.8, 4) is 0 Å². The van der Waals surface area contributed by atoms with E-state index >= 15 is 0 Å². The topological polar surface area (TPSA) is 20.2 Å². The van der Waals surface area contributed by atoms with E-state index in [9.17, 15) is 0 Å². The molecule has 1 radical (unpaired) electrons. The molecule has 0 heterocycles. The Balaban J connectivity index is 3.53. The van der Waals surface area contributed by atoms with E-state index in [1.54, 1.807) is 6.08 Å². The van der Waals surface area contributed by atoms with E-state index in [-0.39, 0.29) is 0 Å². The third kappa shape index (κ3) is 2.80. The van der Waals surface area contributed by atoms with Crippen LogP contribution in [-0.4, -0.2) is 10.7 Å². The highest BCUT2D eigenvalue weighted by Crippen LogP contribution is 2.12. The van der Waals surface area contributed by atoms with Crippen LogP contribution in [0, 0.1) is 6.92 Å². The van der Waals surface area contributed by atoms with E-state index in [0.717, 1.165) is 0 Å². The monoisotopic (exact) mass is 113 g/mol. The van der Waals surface area contributed by atoms with Crippen LogP contribution in [0.25, 0.3) is 0 Å². The summed E-state index contributed by atoms with van der Waals surface area (Å²) in [4.78, 5) is 0. The summed E-state index contributed by atoms with van der Waals surface area (Å²) in [6.45, 7) is 8.96. The van der Waals surface area contributed by atoms with Crippen molar-refractivity contribution in [2.45, 2.75) is 25.4 Å². The molecule has 0 rings (SSSR count). The van der Waals surface area contributed by atoms with Crippen LogP contribution in [0.3, 0.4) is 0 Å². The predicted molar refractivity (Wildman–Crippen MR) is 35.4 cm³/mol. The molecule has 0 bridgehead atoms. The molecule has 0 aromatic carbocycles. The van der Waals surface area contributed by atoms with Gasteiger partial charge in [0.15, 0.2) is 0 Å². The van der Waals surface area contributed by atoms with Crippen LogP contribution >= 0.6 is 0 Å². The quantitative estimate of drug-likeness (QED) is 0.550. The van der Waals surface area contributed by atoms with Crippen molar-refractivity contribution in [3.63, 3.8) is 0 Å². The summed E-state index contributed by atoms with van der Waals surface area (Å²) in [6, 6.07) is 0. The van der Waals surface area contributed by atoms with Crippen molar-refractivity contribution < 1.29 is 5.11 Å². The minimum absolute atomic E-state index is 0.573. The predicted octanol–water partition coefficient (Wildman–Crippen LogP) is 1.54. The van der Waals surface area contributed by atoms with Crippen LogP contribution < -0.4 is 0 Å². The Morgan fingerprint density at radius 1 is 1.75 bits per heavy atom. The fourth-order valence-electron chi connectivity index (χ4n) is 0.413. The van der Waals surface area contributed by atoms with Gasteiger partial charge in [-0.3, -0.25) is 0 Å². The molecule has 0 aromatic rings. The van der Waals surface area contributed by atoms with Crippen molar-refractivity contribution >= 4 is 0 Å². The highest BCUT2D eigenvalue weighted by molar-refractivity contribution is 4.87. The Hall–Kier alpha value is -0.300. The lowest BCUT2D eigenvalue weighted by molar-refractivity contribution is 0.0872. The molecule has 0 fully saturated rings. The van der Waals surface area contributed by atoms with Gasteiger partial charge in [-0.25, -0.2) is 0 Å². The van der Waals surface area contributed by atoms with E-state index in [1.807, 2.05) is 6.92 Å². The van der Waals surface area contributed by atoms with Crippen molar-refractivity contribution in [1.29, 1.82) is 0 Å². The van der Waals surface area contributed by atoms with E-state index in [1.165, 1.54) is 0 Å². The van der Waals surface area contributed by atoms with Crippen LogP contribution in [0.5, 0.6) is 0 Å². The van der Waals surface area contributed by atoms with Crippen molar-refractivity contribution in [1.82, 2.24) is 0 Å². The first-order chi connectivity index (χ1) is 3.62. The Morgan fingerprint density at radius 3 is 2.38 bits per heavy atom. The molecule has 47 valence electrons. The average Bonchev–Trinajstić information content (AvgIpc) is 1.67. The second-order valence-electron chi connectivity index (χ2n) is 2.07. The molecule has 0 saturated heterocycles. The maximum Gasteiger partial charge on any atom is 0.0680 e. The zero-order valence-corrected chi connectivity index (χ0v) is 5.35. The molecule has 0 aliphatic rings. The van der Waals surface area contributed by atoms with E-state index < -0.39 is 5.60 Å². The van der Waals surface area contributed by atoms with Gasteiger partial charge >= 0.3 is 0 Å². The average molecular weight is 113 g/mol. The lowest BCUT2D eigenvalue weighted by Gasteiger charge is -2.17. The fraction of sp³-hybridized carbons (Fsp3) is 0.571. The summed E-state index contributed by atoms with van der Waals surface area (Å²) in [5.41, 5.74) is -0.776. The summed E-state index contributed by atoms with van der Waals surface area (Å²) in [5, 5.41) is 9.14. The molecule has 1 nitrogen and oxygen atoms in total. The van der Waals surface area contributed by atoms with Crippen LogP contribution in [0.15, 0.2) is 12.7 Å². The van der Waals surface area contributed by atoms with Gasteiger partial charge in [0.1, 0.15) is 0 Å². The molecule has 1 atom stereocenters. The first kappa shape index (κ1) is 7.70.